The van der Waals surface area contributed by atoms with Crippen LogP contribution < -0.4 is 0 Å². The molecule has 4 rings (SSSR count). The lowest BCUT2D eigenvalue weighted by Crippen LogP contribution is -2.54. The molecule has 2 aromatic rings. The number of amides is 1. The first-order chi connectivity index (χ1) is 11.7. The third-order valence-electron chi connectivity index (χ3n) is 5.35. The van der Waals surface area contributed by atoms with Crippen molar-refractivity contribution in [3.8, 4) is 0 Å². The van der Waals surface area contributed by atoms with Gasteiger partial charge in [0.2, 0.25) is 5.91 Å². The molecule has 6 nitrogen and oxygen atoms in total. The fourth-order valence-electron chi connectivity index (χ4n) is 4.08. The van der Waals surface area contributed by atoms with E-state index in [9.17, 15) is 9.90 Å². The van der Waals surface area contributed by atoms with Crippen molar-refractivity contribution in [3.63, 3.8) is 0 Å². The van der Waals surface area contributed by atoms with Gasteiger partial charge in [-0.15, -0.1) is 0 Å². The van der Waals surface area contributed by atoms with Gasteiger partial charge < -0.3 is 14.7 Å². The Morgan fingerprint density at radius 3 is 3.04 bits per heavy atom. The van der Waals surface area contributed by atoms with Gasteiger partial charge >= 0.3 is 0 Å². The maximum Gasteiger partial charge on any atom is 0.244 e. The molecule has 6 heteroatoms. The smallest absolute Gasteiger partial charge is 0.244 e. The van der Waals surface area contributed by atoms with Crippen molar-refractivity contribution in [2.75, 3.05) is 19.8 Å². The van der Waals surface area contributed by atoms with E-state index in [4.69, 9.17) is 4.74 Å². The van der Waals surface area contributed by atoms with Crippen LogP contribution in [0.1, 0.15) is 19.3 Å². The van der Waals surface area contributed by atoms with Gasteiger partial charge in [0.1, 0.15) is 6.54 Å². The highest BCUT2D eigenvalue weighted by Gasteiger charge is 2.39. The summed E-state index contributed by atoms with van der Waals surface area (Å²) in [5.41, 5.74) is 0.969. The Morgan fingerprint density at radius 2 is 2.21 bits per heavy atom. The number of hydrogen-bond acceptors (Lipinski definition) is 4. The molecule has 1 saturated heterocycles. The first-order valence-electron chi connectivity index (χ1n) is 8.70. The topological polar surface area (TPSA) is 67.6 Å². The number of rotatable bonds is 3. The minimum atomic E-state index is -0.322. The Morgan fingerprint density at radius 1 is 1.33 bits per heavy atom. The molecule has 3 atom stereocenters. The Kier molecular flexibility index (Phi) is 4.24. The van der Waals surface area contributed by atoms with Gasteiger partial charge in [-0.25, -0.2) is 0 Å². The summed E-state index contributed by atoms with van der Waals surface area (Å²) in [6, 6.07) is 7.88. The number of ether oxygens (including phenoxy) is 1. The van der Waals surface area contributed by atoms with Crippen molar-refractivity contribution in [2.24, 2.45) is 5.92 Å². The number of nitrogens with zero attached hydrogens (tertiary/aromatic N) is 3. The third kappa shape index (κ3) is 2.80. The van der Waals surface area contributed by atoms with Gasteiger partial charge in [0.25, 0.3) is 0 Å². The molecule has 1 aromatic carbocycles. The van der Waals surface area contributed by atoms with Gasteiger partial charge in [-0.05, 0) is 18.9 Å². The first-order valence-corrected chi connectivity index (χ1v) is 8.70. The van der Waals surface area contributed by atoms with Crippen molar-refractivity contribution < 1.29 is 14.6 Å². The zero-order chi connectivity index (χ0) is 16.5. The van der Waals surface area contributed by atoms with Crippen LogP contribution in [0.25, 0.3) is 10.9 Å². The summed E-state index contributed by atoms with van der Waals surface area (Å²) in [7, 11) is 0. The predicted molar refractivity (Wildman–Crippen MR) is 89.4 cm³/mol. The standard InChI is InChI=1S/C18H23N3O3/c22-17-7-3-5-14(17)16-12-24-9-8-20(16)18(23)11-21-15-6-2-1-4-13(15)10-19-21/h1-2,4,6,10,14,16-17,22H,3,5,7-9,11-12H2/t14-,16-,17-/m1/s1. The van der Waals surface area contributed by atoms with Gasteiger partial charge in [0.15, 0.2) is 0 Å². The first kappa shape index (κ1) is 15.6. The molecule has 1 saturated carbocycles. The molecular formula is C18H23N3O3. The minimum Gasteiger partial charge on any atom is -0.393 e. The van der Waals surface area contributed by atoms with Gasteiger partial charge in [0, 0.05) is 17.8 Å². The molecule has 128 valence electrons. The second kappa shape index (κ2) is 6.53. The normalized spacial score (nSPS) is 27.7. The van der Waals surface area contributed by atoms with Crippen molar-refractivity contribution >= 4 is 16.8 Å². The lowest BCUT2D eigenvalue weighted by molar-refractivity contribution is -0.144. The largest absolute Gasteiger partial charge is 0.393 e. The van der Waals surface area contributed by atoms with Gasteiger partial charge in [-0.2, -0.15) is 5.10 Å². The summed E-state index contributed by atoms with van der Waals surface area (Å²) in [4.78, 5) is 14.8. The maximum absolute atomic E-state index is 12.9. The SMILES string of the molecule is O=C(Cn1ncc2ccccc21)N1CCOC[C@@H]1[C@H]1CCC[C@H]1O. The molecule has 1 N–H and O–H groups in total. The van der Waals surface area contributed by atoms with E-state index >= 15 is 0 Å². The highest BCUT2D eigenvalue weighted by molar-refractivity contribution is 5.82. The van der Waals surface area contributed by atoms with Crippen LogP contribution in [0.3, 0.4) is 0 Å². The van der Waals surface area contributed by atoms with Crippen molar-refractivity contribution in [1.29, 1.82) is 0 Å². The van der Waals surface area contributed by atoms with Crippen LogP contribution in [0.15, 0.2) is 30.5 Å². The number of aliphatic hydroxyl groups is 1. The van der Waals surface area contributed by atoms with Crippen molar-refractivity contribution in [1.82, 2.24) is 14.7 Å². The number of fused-ring (bicyclic) bond motifs is 1. The van der Waals surface area contributed by atoms with Crippen LogP contribution >= 0.6 is 0 Å². The van der Waals surface area contributed by atoms with E-state index in [1.54, 1.807) is 10.9 Å². The number of aliphatic hydroxyl groups excluding tert-OH is 1. The third-order valence-corrected chi connectivity index (χ3v) is 5.35. The summed E-state index contributed by atoms with van der Waals surface area (Å²) in [6.07, 6.45) is 4.28. The minimum absolute atomic E-state index is 0.0226. The molecule has 2 heterocycles. The van der Waals surface area contributed by atoms with E-state index in [1.165, 1.54) is 0 Å². The zero-order valence-electron chi connectivity index (χ0n) is 13.7. The molecular weight excluding hydrogens is 306 g/mol. The summed E-state index contributed by atoms with van der Waals surface area (Å²) in [5, 5.41) is 15.6. The number of morpholine rings is 1. The highest BCUT2D eigenvalue weighted by atomic mass is 16.5. The number of aromatic nitrogens is 2. The number of benzene rings is 1. The van der Waals surface area contributed by atoms with Gasteiger partial charge in [-0.1, -0.05) is 24.6 Å². The van der Waals surface area contributed by atoms with Crippen LogP contribution in [0.2, 0.25) is 0 Å². The molecule has 2 fully saturated rings. The highest BCUT2D eigenvalue weighted by Crippen LogP contribution is 2.32. The average Bonchev–Trinajstić information content (AvgIpc) is 3.21. The monoisotopic (exact) mass is 329 g/mol. The molecule has 24 heavy (non-hydrogen) atoms. The molecule has 1 aliphatic carbocycles. The second-order valence-corrected chi connectivity index (χ2v) is 6.75. The molecule has 0 radical (unpaired) electrons. The van der Waals surface area contributed by atoms with E-state index in [0.29, 0.717) is 19.8 Å². The Labute approximate surface area is 141 Å². The molecule has 0 bridgehead atoms. The Balaban J connectivity index is 1.53. The Bertz CT molecular complexity index is 729. The summed E-state index contributed by atoms with van der Waals surface area (Å²) in [5.74, 6) is 0.180. The average molecular weight is 329 g/mol. The second-order valence-electron chi connectivity index (χ2n) is 6.75. The van der Waals surface area contributed by atoms with Crippen LogP contribution in [0.4, 0.5) is 0 Å². The Hall–Kier alpha value is -1.92. The van der Waals surface area contributed by atoms with Crippen LogP contribution in [0, 0.1) is 5.92 Å². The lowest BCUT2D eigenvalue weighted by atomic mass is 9.94. The number of carbonyl (C=O) groups excluding carboxylic acids is 1. The quantitative estimate of drug-likeness (QED) is 0.925. The van der Waals surface area contributed by atoms with E-state index in [-0.39, 0.29) is 30.5 Å². The molecule has 2 aliphatic rings. The molecule has 0 spiro atoms. The van der Waals surface area contributed by atoms with Crippen LogP contribution in [-0.4, -0.2) is 57.6 Å². The zero-order valence-corrected chi connectivity index (χ0v) is 13.7. The lowest BCUT2D eigenvalue weighted by Gasteiger charge is -2.40. The summed E-state index contributed by atoms with van der Waals surface area (Å²) >= 11 is 0. The van der Waals surface area contributed by atoms with Gasteiger partial charge in [0.05, 0.1) is 37.1 Å². The van der Waals surface area contributed by atoms with Crippen LogP contribution in [-0.2, 0) is 16.1 Å². The van der Waals surface area contributed by atoms with E-state index in [1.807, 2.05) is 29.2 Å². The van der Waals surface area contributed by atoms with Crippen molar-refractivity contribution in [3.05, 3.63) is 30.5 Å². The maximum atomic E-state index is 12.9. The van der Waals surface area contributed by atoms with E-state index in [0.717, 1.165) is 30.2 Å². The van der Waals surface area contributed by atoms with E-state index < -0.39 is 0 Å². The molecule has 1 aromatic heterocycles. The number of carbonyl (C=O) groups is 1. The fourth-order valence-corrected chi connectivity index (χ4v) is 4.08. The predicted octanol–water partition coefficient (Wildman–Crippen LogP) is 1.42. The van der Waals surface area contributed by atoms with Gasteiger partial charge in [-0.3, -0.25) is 9.48 Å². The summed E-state index contributed by atoms with van der Waals surface area (Å²) in [6.45, 7) is 1.90. The molecule has 0 unspecified atom stereocenters. The fraction of sp³-hybridized carbons (Fsp3) is 0.556. The number of para-hydroxylation sites is 1. The number of hydrogen-bond donors (Lipinski definition) is 1. The van der Waals surface area contributed by atoms with Crippen LogP contribution in [0.5, 0.6) is 0 Å². The molecule has 1 amide bonds. The van der Waals surface area contributed by atoms with Crippen molar-refractivity contribution in [2.45, 2.75) is 38.0 Å². The van der Waals surface area contributed by atoms with E-state index in [2.05, 4.69) is 5.10 Å². The molecule has 1 aliphatic heterocycles. The summed E-state index contributed by atoms with van der Waals surface area (Å²) < 4.78 is 7.36.